The normalized spacial score (nSPS) is 19.7. The second-order valence-corrected chi connectivity index (χ2v) is 15.7. The lowest BCUT2D eigenvalue weighted by Crippen LogP contribution is -2.37. The van der Waals surface area contributed by atoms with Crippen LogP contribution in [0.1, 0.15) is 60.1 Å². The molecule has 0 aromatic heterocycles. The van der Waals surface area contributed by atoms with Crippen molar-refractivity contribution >= 4 is 40.0 Å². The van der Waals surface area contributed by atoms with Gasteiger partial charge in [-0.1, -0.05) is 50.3 Å². The largest absolute Gasteiger partial charge is 0.497 e. The summed E-state index contributed by atoms with van der Waals surface area (Å²) in [6.45, 7) is 10.9. The molecule has 1 atom stereocenters. The Kier molecular flexibility index (Phi) is 9.28. The van der Waals surface area contributed by atoms with Crippen LogP contribution in [-0.4, -0.2) is 66.0 Å². The SMILES string of the molecule is CCC1(CC)c2cc(C#N)ccc2-c2c1c1c(c3cc(SC)c(N4CCOCC4)cc23)OC(c2ccc(OC)cc2)(c2ccc(N3CCOCC3)cc2)C=C1. The maximum Gasteiger partial charge on any atom is 0.178 e. The number of rotatable bonds is 8. The fourth-order valence-electron chi connectivity index (χ4n) is 9.55. The lowest BCUT2D eigenvalue weighted by atomic mass is 9.71. The highest BCUT2D eigenvalue weighted by atomic mass is 32.2. The van der Waals surface area contributed by atoms with Gasteiger partial charge >= 0.3 is 0 Å². The second-order valence-electron chi connectivity index (χ2n) is 14.9. The highest BCUT2D eigenvalue weighted by Crippen LogP contribution is 2.61. The van der Waals surface area contributed by atoms with Crippen molar-refractivity contribution in [3.63, 3.8) is 0 Å². The van der Waals surface area contributed by atoms with Gasteiger partial charge in [-0.2, -0.15) is 5.26 Å². The maximum atomic E-state index is 10.1. The molecule has 0 bridgehead atoms. The summed E-state index contributed by atoms with van der Waals surface area (Å²) < 4.78 is 24.8. The van der Waals surface area contributed by atoms with E-state index in [1.165, 1.54) is 43.9 Å². The Hall–Kier alpha value is -4.94. The van der Waals surface area contributed by atoms with Crippen LogP contribution >= 0.6 is 11.8 Å². The van der Waals surface area contributed by atoms with Gasteiger partial charge in [-0.05, 0) is 101 Å². The maximum absolute atomic E-state index is 10.1. The smallest absolute Gasteiger partial charge is 0.178 e. The van der Waals surface area contributed by atoms with E-state index in [1.54, 1.807) is 18.9 Å². The molecule has 5 aromatic carbocycles. The third-order valence-electron chi connectivity index (χ3n) is 12.5. The molecule has 1 aliphatic carbocycles. The molecule has 5 aromatic rings. The van der Waals surface area contributed by atoms with E-state index in [-0.39, 0.29) is 5.41 Å². The topological polar surface area (TPSA) is 67.2 Å². The lowest BCUT2D eigenvalue weighted by Gasteiger charge is -2.40. The quantitative estimate of drug-likeness (QED) is 0.146. The van der Waals surface area contributed by atoms with E-state index >= 15 is 0 Å². The van der Waals surface area contributed by atoms with E-state index in [0.29, 0.717) is 18.8 Å². The van der Waals surface area contributed by atoms with Crippen LogP contribution < -0.4 is 19.3 Å². The van der Waals surface area contributed by atoms with Crippen molar-refractivity contribution in [2.45, 2.75) is 42.6 Å². The third kappa shape index (κ3) is 5.62. The van der Waals surface area contributed by atoms with Crippen LogP contribution in [-0.2, 0) is 20.5 Å². The van der Waals surface area contributed by atoms with Crippen molar-refractivity contribution < 1.29 is 18.9 Å². The van der Waals surface area contributed by atoms with Crippen LogP contribution in [0.3, 0.4) is 0 Å². The van der Waals surface area contributed by atoms with Gasteiger partial charge in [0.25, 0.3) is 0 Å². The third-order valence-corrected chi connectivity index (χ3v) is 13.3. The van der Waals surface area contributed by atoms with Crippen molar-refractivity contribution in [1.29, 1.82) is 5.26 Å². The van der Waals surface area contributed by atoms with Gasteiger partial charge in [0, 0.05) is 64.3 Å². The summed E-state index contributed by atoms with van der Waals surface area (Å²) in [6, 6.07) is 30.7. The lowest BCUT2D eigenvalue weighted by molar-refractivity contribution is 0.122. The Morgan fingerprint density at radius 3 is 2.07 bits per heavy atom. The van der Waals surface area contributed by atoms with E-state index in [1.807, 2.05) is 18.2 Å². The molecule has 0 radical (unpaired) electrons. The Balaban J connectivity index is 1.32. The van der Waals surface area contributed by atoms with E-state index in [2.05, 4.69) is 109 Å². The summed E-state index contributed by atoms with van der Waals surface area (Å²) in [7, 11) is 1.70. The van der Waals surface area contributed by atoms with Crippen LogP contribution in [0, 0.1) is 11.3 Å². The number of morpholine rings is 2. The molecule has 0 spiro atoms. The monoisotopic (exact) mass is 749 g/mol. The second kappa shape index (κ2) is 14.3. The summed E-state index contributed by atoms with van der Waals surface area (Å²) in [5.74, 6) is 1.70. The average molecular weight is 750 g/mol. The Morgan fingerprint density at radius 1 is 0.800 bits per heavy atom. The summed E-state index contributed by atoms with van der Waals surface area (Å²) in [6.07, 6.45) is 8.57. The molecule has 2 fully saturated rings. The number of methoxy groups -OCH3 is 1. The van der Waals surface area contributed by atoms with Gasteiger partial charge in [-0.25, -0.2) is 0 Å². The first-order valence-electron chi connectivity index (χ1n) is 19.5. The van der Waals surface area contributed by atoms with E-state index < -0.39 is 5.60 Å². The Bertz CT molecular complexity index is 2330. The van der Waals surface area contributed by atoms with E-state index in [9.17, 15) is 5.26 Å². The minimum Gasteiger partial charge on any atom is -0.497 e. The Morgan fingerprint density at radius 2 is 1.45 bits per heavy atom. The summed E-state index contributed by atoms with van der Waals surface area (Å²) in [5, 5.41) is 12.4. The molecule has 9 rings (SSSR count). The molecular formula is C47H47N3O4S. The number of ether oxygens (including phenoxy) is 4. The minimum atomic E-state index is -0.910. The Labute approximate surface area is 328 Å². The van der Waals surface area contributed by atoms with Crippen LogP contribution in [0.2, 0.25) is 0 Å². The molecule has 0 amide bonds. The zero-order chi connectivity index (χ0) is 37.7. The standard InChI is InChI=1S/C47H47N3O4S/c1-5-46(6-2)40-27-31(30-48)7-16-36(40)43-38-28-41(50-21-25-53-26-22-50)42(55-4)29-39(38)45-37(44(43)46)17-18-47(54-45,33-10-14-35(51-3)15-11-33)32-8-12-34(13-9-32)49-19-23-52-24-20-49/h7-18,27-29H,5-6,19-26H2,1-4H3. The average Bonchev–Trinajstić information content (AvgIpc) is 3.56. The summed E-state index contributed by atoms with van der Waals surface area (Å²) >= 11 is 1.78. The zero-order valence-corrected chi connectivity index (χ0v) is 32.9. The number of nitrogens with zero attached hydrogens (tertiary/aromatic N) is 3. The molecule has 2 saturated heterocycles. The number of nitriles is 1. The molecule has 0 saturated carbocycles. The predicted molar refractivity (Wildman–Crippen MR) is 223 cm³/mol. The molecule has 280 valence electrons. The predicted octanol–water partition coefficient (Wildman–Crippen LogP) is 9.55. The van der Waals surface area contributed by atoms with Crippen molar-refractivity contribution in [3.8, 4) is 28.7 Å². The molecule has 7 nitrogen and oxygen atoms in total. The van der Waals surface area contributed by atoms with Gasteiger partial charge in [0.1, 0.15) is 11.5 Å². The van der Waals surface area contributed by atoms with Gasteiger partial charge in [0.05, 0.1) is 50.9 Å². The van der Waals surface area contributed by atoms with Gasteiger partial charge in [-0.15, -0.1) is 11.8 Å². The molecule has 0 N–H and O–H groups in total. The first-order chi connectivity index (χ1) is 27.0. The van der Waals surface area contributed by atoms with Crippen LogP contribution in [0.5, 0.6) is 11.5 Å². The molecule has 8 heteroatoms. The number of benzene rings is 5. The number of hydrogen-bond donors (Lipinski definition) is 0. The highest BCUT2D eigenvalue weighted by Gasteiger charge is 2.47. The molecule has 3 aliphatic heterocycles. The number of hydrogen-bond acceptors (Lipinski definition) is 8. The van der Waals surface area contributed by atoms with Crippen LogP contribution in [0.4, 0.5) is 11.4 Å². The fraction of sp³-hybridized carbons (Fsp3) is 0.340. The first kappa shape index (κ1) is 35.7. The van der Waals surface area contributed by atoms with Gasteiger partial charge in [0.15, 0.2) is 5.60 Å². The van der Waals surface area contributed by atoms with Crippen molar-refractivity contribution in [2.24, 2.45) is 0 Å². The highest BCUT2D eigenvalue weighted by molar-refractivity contribution is 7.98. The molecule has 4 aliphatic rings. The molecule has 3 heterocycles. The van der Waals surface area contributed by atoms with Gasteiger partial charge in [0.2, 0.25) is 0 Å². The summed E-state index contributed by atoms with van der Waals surface area (Å²) in [5.41, 5.74) is 10.1. The zero-order valence-electron chi connectivity index (χ0n) is 32.1. The van der Waals surface area contributed by atoms with Crippen LogP contribution in [0.25, 0.3) is 28.0 Å². The van der Waals surface area contributed by atoms with Crippen molar-refractivity contribution in [1.82, 2.24) is 0 Å². The fourth-order valence-corrected chi connectivity index (χ4v) is 10.2. The summed E-state index contributed by atoms with van der Waals surface area (Å²) in [4.78, 5) is 6.08. The first-order valence-corrected chi connectivity index (χ1v) is 20.8. The van der Waals surface area contributed by atoms with E-state index in [0.717, 1.165) is 85.8 Å². The molecule has 55 heavy (non-hydrogen) atoms. The minimum absolute atomic E-state index is 0.291. The van der Waals surface area contributed by atoms with Crippen molar-refractivity contribution in [2.75, 3.05) is 75.8 Å². The molecular weight excluding hydrogens is 703 g/mol. The molecule has 1 unspecified atom stereocenters. The van der Waals surface area contributed by atoms with Gasteiger partial charge in [-0.3, -0.25) is 0 Å². The number of fused-ring (bicyclic) bond motifs is 8. The number of thioether (sulfide) groups is 1. The van der Waals surface area contributed by atoms with Crippen LogP contribution in [0.15, 0.2) is 89.8 Å². The van der Waals surface area contributed by atoms with Gasteiger partial charge < -0.3 is 28.7 Å². The van der Waals surface area contributed by atoms with Crippen molar-refractivity contribution in [3.05, 3.63) is 118 Å². The number of anilines is 2. The van der Waals surface area contributed by atoms with E-state index in [4.69, 9.17) is 18.9 Å².